The lowest BCUT2D eigenvalue weighted by molar-refractivity contribution is -0.122. The third-order valence-electron chi connectivity index (χ3n) is 3.52. The number of amides is 1. The van der Waals surface area contributed by atoms with E-state index in [0.717, 1.165) is 0 Å². The van der Waals surface area contributed by atoms with Crippen molar-refractivity contribution in [1.82, 2.24) is 10.3 Å². The number of anilines is 1. The number of nitrogens with one attached hydrogen (secondary N) is 1. The highest BCUT2D eigenvalue weighted by Gasteiger charge is 2.30. The molecule has 6 nitrogen and oxygen atoms in total. The fraction of sp³-hybridized carbons (Fsp3) is 0.571. The summed E-state index contributed by atoms with van der Waals surface area (Å²) in [5.41, 5.74) is -0.856. The van der Waals surface area contributed by atoms with Crippen molar-refractivity contribution < 1.29 is 14.6 Å². The predicted molar refractivity (Wildman–Crippen MR) is 80.5 cm³/mol. The zero-order chi connectivity index (χ0) is 15.3. The number of pyridine rings is 1. The molecule has 2 rings (SSSR count). The van der Waals surface area contributed by atoms with Crippen molar-refractivity contribution in [3.8, 4) is 0 Å². The van der Waals surface area contributed by atoms with E-state index in [-0.39, 0.29) is 19.0 Å². The van der Waals surface area contributed by atoms with Crippen molar-refractivity contribution >= 4 is 23.3 Å². The molecule has 1 saturated heterocycles. The summed E-state index contributed by atoms with van der Waals surface area (Å²) in [6.45, 7) is 1.47. The maximum Gasteiger partial charge on any atom is 0.239 e. The second-order valence-corrected chi connectivity index (χ2v) is 5.74. The quantitative estimate of drug-likeness (QED) is 0.842. The zero-order valence-corrected chi connectivity index (χ0v) is 12.8. The average Bonchev–Trinajstić information content (AvgIpc) is 2.47. The number of hydrogen-bond acceptors (Lipinski definition) is 5. The molecule has 1 aliphatic heterocycles. The van der Waals surface area contributed by atoms with Crippen LogP contribution in [0.25, 0.3) is 0 Å². The summed E-state index contributed by atoms with van der Waals surface area (Å²) in [5, 5.41) is 13.6. The average molecular weight is 314 g/mol. The van der Waals surface area contributed by atoms with Crippen LogP contribution >= 0.6 is 11.6 Å². The van der Waals surface area contributed by atoms with Gasteiger partial charge < -0.3 is 20.1 Å². The van der Waals surface area contributed by atoms with E-state index < -0.39 is 5.60 Å². The molecule has 0 saturated carbocycles. The summed E-state index contributed by atoms with van der Waals surface area (Å²) in [7, 11) is 1.78. The Morgan fingerprint density at radius 1 is 1.52 bits per heavy atom. The molecule has 0 radical (unpaired) electrons. The first-order valence-electron chi connectivity index (χ1n) is 6.88. The third-order valence-corrected chi connectivity index (χ3v) is 3.75. The Labute approximate surface area is 129 Å². The number of likely N-dealkylation sites (N-methyl/N-ethyl adjacent to an activating group) is 1. The van der Waals surface area contributed by atoms with Crippen LogP contribution in [-0.4, -0.2) is 54.9 Å². The third kappa shape index (κ3) is 4.84. The molecule has 0 aliphatic carbocycles. The van der Waals surface area contributed by atoms with Crippen LogP contribution in [0.2, 0.25) is 5.02 Å². The smallest absolute Gasteiger partial charge is 0.239 e. The maximum atomic E-state index is 11.9. The Balaban J connectivity index is 1.79. The summed E-state index contributed by atoms with van der Waals surface area (Å²) >= 11 is 5.77. The lowest BCUT2D eigenvalue weighted by Gasteiger charge is -2.32. The van der Waals surface area contributed by atoms with Gasteiger partial charge in [0, 0.05) is 45.8 Å². The molecule has 21 heavy (non-hydrogen) atoms. The monoisotopic (exact) mass is 313 g/mol. The van der Waals surface area contributed by atoms with Crippen molar-refractivity contribution in [2.45, 2.75) is 18.4 Å². The van der Waals surface area contributed by atoms with Crippen LogP contribution in [0.5, 0.6) is 0 Å². The molecule has 0 bridgehead atoms. The molecule has 7 heteroatoms. The van der Waals surface area contributed by atoms with E-state index in [2.05, 4.69) is 10.3 Å². The lowest BCUT2D eigenvalue weighted by Crippen LogP contribution is -2.48. The van der Waals surface area contributed by atoms with E-state index in [9.17, 15) is 9.90 Å². The van der Waals surface area contributed by atoms with Crippen LogP contribution in [0.1, 0.15) is 12.8 Å². The minimum Gasteiger partial charge on any atom is -0.388 e. The molecule has 0 unspecified atom stereocenters. The van der Waals surface area contributed by atoms with Crippen LogP contribution < -0.4 is 10.2 Å². The molecule has 0 atom stereocenters. The molecule has 2 N–H and O–H groups in total. The van der Waals surface area contributed by atoms with E-state index in [4.69, 9.17) is 16.3 Å². The predicted octanol–water partition coefficient (Wildman–Crippen LogP) is 0.829. The molecule has 2 heterocycles. The van der Waals surface area contributed by atoms with Crippen LogP contribution in [0.3, 0.4) is 0 Å². The first-order chi connectivity index (χ1) is 9.98. The lowest BCUT2D eigenvalue weighted by atomic mass is 9.94. The highest BCUT2D eigenvalue weighted by atomic mass is 35.5. The molecule has 1 aromatic rings. The van der Waals surface area contributed by atoms with Crippen molar-refractivity contribution in [2.75, 3.05) is 38.3 Å². The Morgan fingerprint density at radius 3 is 2.86 bits per heavy atom. The van der Waals surface area contributed by atoms with Crippen molar-refractivity contribution in [1.29, 1.82) is 0 Å². The minimum atomic E-state index is -0.856. The van der Waals surface area contributed by atoms with Gasteiger partial charge in [0.05, 0.1) is 17.2 Å². The number of ether oxygens (including phenoxy) is 1. The standard InChI is InChI=1S/C14H20ClN3O3/c1-18(12-3-2-11(15)8-16-12)9-13(19)17-10-14(20)4-6-21-7-5-14/h2-3,8,20H,4-7,9-10H2,1H3,(H,17,19). The second-order valence-electron chi connectivity index (χ2n) is 5.30. The first kappa shape index (κ1) is 16.0. The number of aliphatic hydroxyl groups is 1. The molecule has 1 aliphatic rings. The number of carbonyl (C=O) groups excluding carboxylic acids is 1. The first-order valence-corrected chi connectivity index (χ1v) is 7.26. The summed E-state index contributed by atoms with van der Waals surface area (Å²) in [6, 6.07) is 3.48. The van der Waals surface area contributed by atoms with E-state index in [0.29, 0.717) is 36.9 Å². The summed E-state index contributed by atoms with van der Waals surface area (Å²) < 4.78 is 5.20. The molecule has 1 amide bonds. The van der Waals surface area contributed by atoms with E-state index in [1.165, 1.54) is 6.20 Å². The van der Waals surface area contributed by atoms with Gasteiger partial charge in [-0.2, -0.15) is 0 Å². The van der Waals surface area contributed by atoms with Gasteiger partial charge in [-0.05, 0) is 12.1 Å². The van der Waals surface area contributed by atoms with Gasteiger partial charge >= 0.3 is 0 Å². The highest BCUT2D eigenvalue weighted by Crippen LogP contribution is 2.19. The van der Waals surface area contributed by atoms with Gasteiger partial charge in [-0.1, -0.05) is 11.6 Å². The molecule has 1 fully saturated rings. The maximum absolute atomic E-state index is 11.9. The Bertz CT molecular complexity index is 475. The van der Waals surface area contributed by atoms with Gasteiger partial charge in [-0.15, -0.1) is 0 Å². The molecular weight excluding hydrogens is 294 g/mol. The SMILES string of the molecule is CN(CC(=O)NCC1(O)CCOCC1)c1ccc(Cl)cn1. The number of aromatic nitrogens is 1. The second kappa shape index (κ2) is 7.06. The van der Waals surface area contributed by atoms with Crippen molar-refractivity contribution in [3.05, 3.63) is 23.4 Å². The van der Waals surface area contributed by atoms with Gasteiger partial charge in [-0.25, -0.2) is 4.98 Å². The Kier molecular flexibility index (Phi) is 5.39. The molecule has 1 aromatic heterocycles. The van der Waals surface area contributed by atoms with Crippen LogP contribution in [-0.2, 0) is 9.53 Å². The normalized spacial score (nSPS) is 17.3. The molecule has 0 aromatic carbocycles. The fourth-order valence-corrected chi connectivity index (χ4v) is 2.25. The minimum absolute atomic E-state index is 0.158. The van der Waals surface area contributed by atoms with Crippen LogP contribution in [0.4, 0.5) is 5.82 Å². The summed E-state index contributed by atoms with van der Waals surface area (Å²) in [6.07, 6.45) is 2.62. The molecule has 116 valence electrons. The van der Waals surface area contributed by atoms with E-state index >= 15 is 0 Å². The topological polar surface area (TPSA) is 74.7 Å². The van der Waals surface area contributed by atoms with Crippen molar-refractivity contribution in [2.24, 2.45) is 0 Å². The molecule has 0 spiro atoms. The van der Waals surface area contributed by atoms with Gasteiger partial charge in [0.2, 0.25) is 5.91 Å². The highest BCUT2D eigenvalue weighted by molar-refractivity contribution is 6.30. The number of hydrogen-bond donors (Lipinski definition) is 2. The van der Waals surface area contributed by atoms with E-state index in [1.54, 1.807) is 24.1 Å². The van der Waals surface area contributed by atoms with Gasteiger partial charge in [-0.3, -0.25) is 4.79 Å². The number of rotatable bonds is 5. The van der Waals surface area contributed by atoms with E-state index in [1.807, 2.05) is 0 Å². The summed E-state index contributed by atoms with van der Waals surface area (Å²) in [4.78, 5) is 17.8. The largest absolute Gasteiger partial charge is 0.388 e. The van der Waals surface area contributed by atoms with Gasteiger partial charge in [0.15, 0.2) is 0 Å². The van der Waals surface area contributed by atoms with Crippen LogP contribution in [0, 0.1) is 0 Å². The number of nitrogens with zero attached hydrogens (tertiary/aromatic N) is 2. The summed E-state index contributed by atoms with van der Waals surface area (Å²) in [5.74, 6) is 0.508. The Hall–Kier alpha value is -1.37. The van der Waals surface area contributed by atoms with Crippen LogP contribution in [0.15, 0.2) is 18.3 Å². The molecular formula is C14H20ClN3O3. The number of carbonyl (C=O) groups is 1. The van der Waals surface area contributed by atoms with Gasteiger partial charge in [0.25, 0.3) is 0 Å². The van der Waals surface area contributed by atoms with Crippen molar-refractivity contribution in [3.63, 3.8) is 0 Å². The fourth-order valence-electron chi connectivity index (χ4n) is 2.14. The van der Waals surface area contributed by atoms with Gasteiger partial charge in [0.1, 0.15) is 5.82 Å². The Morgan fingerprint density at radius 2 is 2.24 bits per heavy atom. The number of halogens is 1. The zero-order valence-electron chi connectivity index (χ0n) is 12.0.